The van der Waals surface area contributed by atoms with Crippen LogP contribution in [-0.2, 0) is 22.6 Å². The third-order valence-electron chi connectivity index (χ3n) is 7.46. The first-order chi connectivity index (χ1) is 19.2. The van der Waals surface area contributed by atoms with Gasteiger partial charge in [-0.2, -0.15) is 0 Å². The fourth-order valence-electron chi connectivity index (χ4n) is 5.48. The van der Waals surface area contributed by atoms with Gasteiger partial charge in [-0.3, -0.25) is 4.90 Å². The molecule has 210 valence electrons. The van der Waals surface area contributed by atoms with Crippen molar-refractivity contribution in [1.29, 1.82) is 0 Å². The molecule has 0 radical (unpaired) electrons. The van der Waals surface area contributed by atoms with Crippen LogP contribution in [0.5, 0.6) is 0 Å². The lowest BCUT2D eigenvalue weighted by molar-refractivity contribution is 0.0477. The maximum absolute atomic E-state index is 13.1. The summed E-state index contributed by atoms with van der Waals surface area (Å²) in [5, 5.41) is 3.00. The van der Waals surface area contributed by atoms with E-state index in [-0.39, 0.29) is 18.2 Å². The van der Waals surface area contributed by atoms with Gasteiger partial charge >= 0.3 is 12.2 Å². The highest BCUT2D eigenvalue weighted by Crippen LogP contribution is 2.45. The predicted molar refractivity (Wildman–Crippen MR) is 156 cm³/mol. The number of nitrogens with one attached hydrogen (secondary N) is 1. The topological polar surface area (TPSA) is 71.1 Å². The number of likely N-dealkylation sites (tertiary alicyclic amines) is 1. The quantitative estimate of drug-likeness (QED) is 0.385. The van der Waals surface area contributed by atoms with Gasteiger partial charge in [-0.15, -0.1) is 0 Å². The van der Waals surface area contributed by atoms with E-state index in [9.17, 15) is 9.59 Å². The van der Waals surface area contributed by atoms with Crippen molar-refractivity contribution in [1.82, 2.24) is 15.1 Å². The molecule has 0 spiro atoms. The molecule has 3 aromatic rings. The lowest BCUT2D eigenvalue weighted by Gasteiger charge is -2.32. The largest absolute Gasteiger partial charge is 0.444 e. The fraction of sp³-hybridized carbons (Fsp3) is 0.394. The third kappa shape index (κ3) is 6.65. The minimum Gasteiger partial charge on any atom is -0.444 e. The third-order valence-corrected chi connectivity index (χ3v) is 7.46. The SMILES string of the molecule is CN(Cc1ccc(CN2CCC(NC(=O)OC(C)(C)C)CC2)cc1)C(=O)OC1c2ccccc2-c2ccccc21. The van der Waals surface area contributed by atoms with Gasteiger partial charge in [0.1, 0.15) is 5.60 Å². The first kappa shape index (κ1) is 27.7. The standard InChI is InChI=1S/C33H39N3O4/c1-33(2,3)40-31(37)34-25-17-19-36(20-18-25)22-24-15-13-23(14-16-24)21-35(4)32(38)39-30-28-11-7-5-9-26(28)27-10-6-8-12-29(27)30/h5-16,25,30H,17-22H2,1-4H3,(H,34,37). The number of hydrogen-bond acceptors (Lipinski definition) is 5. The van der Waals surface area contributed by atoms with E-state index >= 15 is 0 Å². The highest BCUT2D eigenvalue weighted by molar-refractivity contribution is 5.79. The summed E-state index contributed by atoms with van der Waals surface area (Å²) >= 11 is 0. The highest BCUT2D eigenvalue weighted by atomic mass is 16.6. The van der Waals surface area contributed by atoms with Gasteiger partial charge in [-0.25, -0.2) is 9.59 Å². The average molecular weight is 542 g/mol. The van der Waals surface area contributed by atoms with Crippen LogP contribution >= 0.6 is 0 Å². The number of fused-ring (bicyclic) bond motifs is 3. The number of piperidine rings is 1. The van der Waals surface area contributed by atoms with Crippen LogP contribution in [0.15, 0.2) is 72.8 Å². The molecule has 0 bridgehead atoms. The molecule has 0 saturated carbocycles. The molecule has 0 atom stereocenters. The Hall–Kier alpha value is -3.84. The van der Waals surface area contributed by atoms with Crippen molar-refractivity contribution >= 4 is 12.2 Å². The number of benzene rings is 3. The molecule has 2 aliphatic rings. The smallest absolute Gasteiger partial charge is 0.410 e. The van der Waals surface area contributed by atoms with E-state index in [1.807, 2.05) is 57.2 Å². The summed E-state index contributed by atoms with van der Waals surface area (Å²) in [7, 11) is 1.78. The summed E-state index contributed by atoms with van der Waals surface area (Å²) in [5.74, 6) is 0. The van der Waals surface area contributed by atoms with Gasteiger partial charge in [-0.05, 0) is 55.9 Å². The van der Waals surface area contributed by atoms with Crippen molar-refractivity contribution in [2.45, 2.75) is 64.4 Å². The van der Waals surface area contributed by atoms with Crippen molar-refractivity contribution in [3.05, 3.63) is 95.1 Å². The Labute approximate surface area is 237 Å². The van der Waals surface area contributed by atoms with E-state index in [0.29, 0.717) is 6.54 Å². The summed E-state index contributed by atoms with van der Waals surface area (Å²) in [6.45, 7) is 8.79. The number of rotatable bonds is 6. The molecule has 7 heteroatoms. The summed E-state index contributed by atoms with van der Waals surface area (Å²) in [5.41, 5.74) is 6.09. The maximum Gasteiger partial charge on any atom is 0.410 e. The van der Waals surface area contributed by atoms with Gasteiger partial charge in [-0.1, -0.05) is 72.8 Å². The Balaban J connectivity index is 1.10. The second kappa shape index (κ2) is 11.7. The second-order valence-electron chi connectivity index (χ2n) is 11.8. The molecule has 1 aliphatic carbocycles. The molecule has 3 aromatic carbocycles. The van der Waals surface area contributed by atoms with Crippen LogP contribution in [0.2, 0.25) is 0 Å². The molecule has 1 heterocycles. The zero-order valence-corrected chi connectivity index (χ0v) is 23.9. The van der Waals surface area contributed by atoms with E-state index < -0.39 is 11.7 Å². The van der Waals surface area contributed by atoms with Gasteiger partial charge < -0.3 is 19.7 Å². The van der Waals surface area contributed by atoms with Crippen molar-refractivity contribution in [2.24, 2.45) is 0 Å². The van der Waals surface area contributed by atoms with Crippen molar-refractivity contribution in [3.8, 4) is 11.1 Å². The van der Waals surface area contributed by atoms with Gasteiger partial charge in [0, 0.05) is 50.4 Å². The average Bonchev–Trinajstić information content (AvgIpc) is 3.23. The predicted octanol–water partition coefficient (Wildman–Crippen LogP) is 6.51. The molecule has 0 aromatic heterocycles. The van der Waals surface area contributed by atoms with Gasteiger partial charge in [0.15, 0.2) is 6.10 Å². The number of hydrogen-bond donors (Lipinski definition) is 1. The number of carbonyl (C=O) groups excluding carboxylic acids is 2. The monoisotopic (exact) mass is 541 g/mol. The molecule has 1 N–H and O–H groups in total. The Morgan fingerprint density at radius 3 is 2.00 bits per heavy atom. The Bertz CT molecular complexity index is 1290. The normalized spacial score (nSPS) is 15.7. The Morgan fingerprint density at radius 1 is 0.875 bits per heavy atom. The van der Waals surface area contributed by atoms with Gasteiger partial charge in [0.25, 0.3) is 0 Å². The Kier molecular flexibility index (Phi) is 8.12. The van der Waals surface area contributed by atoms with E-state index in [1.165, 1.54) is 5.56 Å². The van der Waals surface area contributed by atoms with Crippen LogP contribution in [0.4, 0.5) is 9.59 Å². The number of alkyl carbamates (subject to hydrolysis) is 1. The first-order valence-corrected chi connectivity index (χ1v) is 14.1. The molecular formula is C33H39N3O4. The lowest BCUT2D eigenvalue weighted by Crippen LogP contribution is -2.45. The van der Waals surface area contributed by atoms with Crippen LogP contribution in [0.1, 0.15) is 62.0 Å². The number of nitrogens with zero attached hydrogens (tertiary/aromatic N) is 2. The molecular weight excluding hydrogens is 502 g/mol. The van der Waals surface area contributed by atoms with E-state index in [4.69, 9.17) is 9.47 Å². The van der Waals surface area contributed by atoms with E-state index in [1.54, 1.807) is 11.9 Å². The number of ether oxygens (including phenoxy) is 2. The van der Waals surface area contributed by atoms with Crippen molar-refractivity contribution in [2.75, 3.05) is 20.1 Å². The zero-order chi connectivity index (χ0) is 28.3. The first-order valence-electron chi connectivity index (χ1n) is 14.1. The molecule has 1 fully saturated rings. The van der Waals surface area contributed by atoms with Crippen LogP contribution in [0.25, 0.3) is 11.1 Å². The summed E-state index contributed by atoms with van der Waals surface area (Å²) in [6.07, 6.45) is 0.727. The van der Waals surface area contributed by atoms with Crippen LogP contribution in [0, 0.1) is 0 Å². The molecule has 40 heavy (non-hydrogen) atoms. The molecule has 0 unspecified atom stereocenters. The van der Waals surface area contributed by atoms with E-state index in [2.05, 4.69) is 46.6 Å². The number of amides is 2. The van der Waals surface area contributed by atoms with Gasteiger partial charge in [0.05, 0.1) is 0 Å². The minimum atomic E-state index is -0.486. The Morgan fingerprint density at radius 2 is 1.43 bits per heavy atom. The number of carbonyl (C=O) groups is 2. The summed E-state index contributed by atoms with van der Waals surface area (Å²) in [6, 6.07) is 24.8. The molecule has 1 aliphatic heterocycles. The summed E-state index contributed by atoms with van der Waals surface area (Å²) in [4.78, 5) is 29.2. The fourth-order valence-corrected chi connectivity index (χ4v) is 5.48. The molecule has 5 rings (SSSR count). The van der Waals surface area contributed by atoms with Crippen molar-refractivity contribution in [3.63, 3.8) is 0 Å². The van der Waals surface area contributed by atoms with Crippen LogP contribution < -0.4 is 5.32 Å². The van der Waals surface area contributed by atoms with Gasteiger partial charge in [0.2, 0.25) is 0 Å². The minimum absolute atomic E-state index is 0.148. The van der Waals surface area contributed by atoms with Crippen LogP contribution in [-0.4, -0.2) is 53.8 Å². The molecule has 2 amide bonds. The molecule has 1 saturated heterocycles. The highest BCUT2D eigenvalue weighted by Gasteiger charge is 2.32. The maximum atomic E-state index is 13.1. The zero-order valence-electron chi connectivity index (χ0n) is 23.9. The lowest BCUT2D eigenvalue weighted by atomic mass is 10.0. The second-order valence-corrected chi connectivity index (χ2v) is 11.8. The van der Waals surface area contributed by atoms with Crippen LogP contribution in [0.3, 0.4) is 0 Å². The molecule has 7 nitrogen and oxygen atoms in total. The van der Waals surface area contributed by atoms with E-state index in [0.717, 1.165) is 60.3 Å². The summed E-state index contributed by atoms with van der Waals surface area (Å²) < 4.78 is 11.4. The van der Waals surface area contributed by atoms with Crippen molar-refractivity contribution < 1.29 is 19.1 Å².